The van der Waals surface area contributed by atoms with E-state index in [-0.39, 0.29) is 12.4 Å². The summed E-state index contributed by atoms with van der Waals surface area (Å²) in [5, 5.41) is 28.6. The van der Waals surface area contributed by atoms with Crippen LogP contribution in [-0.2, 0) is 14.3 Å². The topological polar surface area (TPSA) is 118 Å². The van der Waals surface area contributed by atoms with Crippen molar-refractivity contribution in [3.63, 3.8) is 0 Å². The minimum Gasteiger partial charge on any atom is -0.507 e. The molecule has 3 N–H and O–H groups in total. The van der Waals surface area contributed by atoms with E-state index in [1.807, 2.05) is 0 Å². The number of rotatable bonds is 12. The lowest BCUT2D eigenvalue weighted by Gasteiger charge is -2.12. The molecule has 8 nitrogen and oxygen atoms in total. The van der Waals surface area contributed by atoms with Crippen LogP contribution in [0.1, 0.15) is 18.9 Å². The van der Waals surface area contributed by atoms with Gasteiger partial charge >= 0.3 is 5.97 Å². The molecule has 0 saturated heterocycles. The molecule has 150 valence electrons. The van der Waals surface area contributed by atoms with Crippen LogP contribution in [-0.4, -0.2) is 77.3 Å². The number of hydrogen-bond donors (Lipinski definition) is 3. The van der Waals surface area contributed by atoms with E-state index in [0.29, 0.717) is 61.6 Å². The maximum atomic E-state index is 11.3. The number of aliphatic hydroxyl groups excluding tert-OH is 1. The van der Waals surface area contributed by atoms with Gasteiger partial charge in [0.05, 0.1) is 19.8 Å². The number of carboxylic acids is 1. The summed E-state index contributed by atoms with van der Waals surface area (Å²) in [6.07, 6.45) is 0.614. The number of thioether (sulfide) groups is 1. The van der Waals surface area contributed by atoms with Crippen LogP contribution < -0.4 is 4.74 Å². The molecule has 0 amide bonds. The van der Waals surface area contributed by atoms with E-state index in [9.17, 15) is 15.0 Å². The number of phenolic OH excluding ortho intramolecular Hbond substituents is 1. The van der Waals surface area contributed by atoms with E-state index in [1.165, 1.54) is 17.8 Å². The van der Waals surface area contributed by atoms with Gasteiger partial charge in [-0.05, 0) is 25.5 Å². The number of aliphatic carboxylic acids is 1. The summed E-state index contributed by atoms with van der Waals surface area (Å²) in [5.41, 5.74) is -0.672. The van der Waals surface area contributed by atoms with Crippen LogP contribution in [0.5, 0.6) is 11.5 Å². The Labute approximate surface area is 162 Å². The van der Waals surface area contributed by atoms with Crippen molar-refractivity contribution in [2.45, 2.75) is 18.9 Å². The van der Waals surface area contributed by atoms with Crippen molar-refractivity contribution in [1.82, 2.24) is 0 Å². The van der Waals surface area contributed by atoms with Crippen LogP contribution in [0.2, 0.25) is 0 Å². The van der Waals surface area contributed by atoms with E-state index < -0.39 is 11.5 Å². The smallest absolute Gasteiger partial charge is 0.332 e. The van der Waals surface area contributed by atoms with Gasteiger partial charge in [-0.25, -0.2) is 4.79 Å². The third-order valence-corrected chi connectivity index (χ3v) is 5.10. The largest absolute Gasteiger partial charge is 0.507 e. The summed E-state index contributed by atoms with van der Waals surface area (Å²) in [6.45, 7) is 3.79. The van der Waals surface area contributed by atoms with Gasteiger partial charge in [-0.1, -0.05) is 0 Å². The summed E-state index contributed by atoms with van der Waals surface area (Å²) in [5.74, 6) is -0.172. The lowest BCUT2D eigenvalue weighted by Crippen LogP contribution is -2.33. The number of carbonyl (C=O) groups is 1. The van der Waals surface area contributed by atoms with Gasteiger partial charge in [0, 0.05) is 30.6 Å². The second-order valence-corrected chi connectivity index (χ2v) is 7.08. The van der Waals surface area contributed by atoms with E-state index >= 15 is 0 Å². The number of hydrogen-bond acceptors (Lipinski definition) is 8. The highest BCUT2D eigenvalue weighted by Crippen LogP contribution is 2.35. The first kappa shape index (κ1) is 21.5. The second-order valence-electron chi connectivity index (χ2n) is 6.11. The Morgan fingerprint density at radius 2 is 1.93 bits per heavy atom. The molecular weight excluding hydrogens is 374 g/mol. The Morgan fingerprint density at radius 3 is 2.56 bits per heavy atom. The predicted molar refractivity (Wildman–Crippen MR) is 102 cm³/mol. The average molecular weight is 399 g/mol. The lowest BCUT2D eigenvalue weighted by molar-refractivity contribution is -0.141. The van der Waals surface area contributed by atoms with Crippen molar-refractivity contribution in [3.05, 3.63) is 23.8 Å². The standard InChI is InChI=1S/C18H25NO7S/c1-18(17(22)23)12-27-16(19-18)14-4-3-13(11-15(14)21)26-10-9-25-8-7-24-6-2-5-20/h3-4,11,20-21H,2,5-10,12H2,1H3,(H,22,23)/t18-/m1/s1. The first-order valence-corrected chi connectivity index (χ1v) is 9.63. The van der Waals surface area contributed by atoms with Crippen LogP contribution in [0.3, 0.4) is 0 Å². The number of carboxylic acid groups (broad SMARTS) is 1. The Kier molecular flexibility index (Phi) is 8.36. The van der Waals surface area contributed by atoms with Crippen molar-refractivity contribution < 1.29 is 34.3 Å². The highest BCUT2D eigenvalue weighted by Gasteiger charge is 2.38. The number of nitrogens with zero attached hydrogens (tertiary/aromatic N) is 1. The Hall–Kier alpha value is -1.81. The molecule has 1 atom stereocenters. The molecule has 0 aromatic heterocycles. The SMILES string of the molecule is C[C@]1(C(=O)O)CSC(c2ccc(OCCOCCOCCCO)cc2O)=N1. The first-order chi connectivity index (χ1) is 13.0. The van der Waals surface area contributed by atoms with Gasteiger partial charge in [0.15, 0.2) is 5.54 Å². The molecule has 0 unspecified atom stereocenters. The summed E-state index contributed by atoms with van der Waals surface area (Å²) in [6, 6.07) is 4.85. The molecule has 0 bridgehead atoms. The highest BCUT2D eigenvalue weighted by atomic mass is 32.2. The summed E-state index contributed by atoms with van der Waals surface area (Å²) >= 11 is 1.31. The van der Waals surface area contributed by atoms with Crippen molar-refractivity contribution in [2.24, 2.45) is 4.99 Å². The molecule has 0 aliphatic carbocycles. The number of aromatic hydroxyl groups is 1. The molecular formula is C18H25NO7S. The number of phenols is 1. The zero-order valence-corrected chi connectivity index (χ0v) is 16.0. The maximum absolute atomic E-state index is 11.3. The quantitative estimate of drug-likeness (QED) is 0.453. The van der Waals surface area contributed by atoms with Crippen LogP contribution in [0, 0.1) is 0 Å². The normalized spacial score (nSPS) is 19.1. The Bertz CT molecular complexity index is 667. The number of ether oxygens (including phenoxy) is 3. The van der Waals surface area contributed by atoms with Gasteiger partial charge in [-0.15, -0.1) is 11.8 Å². The monoisotopic (exact) mass is 399 g/mol. The van der Waals surface area contributed by atoms with Crippen LogP contribution in [0.4, 0.5) is 0 Å². The fourth-order valence-electron chi connectivity index (χ4n) is 2.23. The zero-order valence-electron chi connectivity index (χ0n) is 15.2. The molecule has 0 spiro atoms. The average Bonchev–Trinajstić information content (AvgIpc) is 3.04. The van der Waals surface area contributed by atoms with Gasteiger partial charge in [-0.2, -0.15) is 0 Å². The maximum Gasteiger partial charge on any atom is 0.332 e. The minimum absolute atomic E-state index is 0.00779. The minimum atomic E-state index is -1.17. The van der Waals surface area contributed by atoms with E-state index in [1.54, 1.807) is 19.1 Å². The van der Waals surface area contributed by atoms with E-state index in [2.05, 4.69) is 4.99 Å². The van der Waals surface area contributed by atoms with Gasteiger partial charge in [0.1, 0.15) is 23.1 Å². The third kappa shape index (κ3) is 6.39. The van der Waals surface area contributed by atoms with Gasteiger partial charge < -0.3 is 29.5 Å². The van der Waals surface area contributed by atoms with E-state index in [0.717, 1.165) is 0 Å². The van der Waals surface area contributed by atoms with Crippen LogP contribution >= 0.6 is 11.8 Å². The number of benzene rings is 1. The molecule has 0 saturated carbocycles. The highest BCUT2D eigenvalue weighted by molar-refractivity contribution is 8.14. The molecule has 0 radical (unpaired) electrons. The molecule has 27 heavy (non-hydrogen) atoms. The Balaban J connectivity index is 1.76. The summed E-state index contributed by atoms with van der Waals surface area (Å²) < 4.78 is 16.1. The molecule has 1 heterocycles. The van der Waals surface area contributed by atoms with Gasteiger partial charge in [0.2, 0.25) is 0 Å². The van der Waals surface area contributed by atoms with Crippen molar-refractivity contribution >= 4 is 22.8 Å². The molecule has 2 rings (SSSR count). The molecule has 0 fully saturated rings. The lowest BCUT2D eigenvalue weighted by atomic mass is 10.1. The van der Waals surface area contributed by atoms with Gasteiger partial charge in [-0.3, -0.25) is 4.99 Å². The van der Waals surface area contributed by atoms with Crippen LogP contribution in [0.25, 0.3) is 0 Å². The summed E-state index contributed by atoms with van der Waals surface area (Å²) in [7, 11) is 0. The van der Waals surface area contributed by atoms with Crippen LogP contribution in [0.15, 0.2) is 23.2 Å². The molecule has 1 aromatic rings. The predicted octanol–water partition coefficient (Wildman–Crippen LogP) is 1.52. The fourth-order valence-corrected chi connectivity index (χ4v) is 3.43. The third-order valence-electron chi connectivity index (χ3n) is 3.81. The molecule has 1 aromatic carbocycles. The Morgan fingerprint density at radius 1 is 1.22 bits per heavy atom. The molecule has 1 aliphatic heterocycles. The molecule has 9 heteroatoms. The fraction of sp³-hybridized carbons (Fsp3) is 0.556. The van der Waals surface area contributed by atoms with Crippen molar-refractivity contribution in [1.29, 1.82) is 0 Å². The second kappa shape index (κ2) is 10.5. The zero-order chi connectivity index (χ0) is 19.7. The number of aliphatic hydroxyl groups is 1. The molecule has 1 aliphatic rings. The van der Waals surface area contributed by atoms with Crippen molar-refractivity contribution in [3.8, 4) is 11.5 Å². The van der Waals surface area contributed by atoms with E-state index in [4.69, 9.17) is 19.3 Å². The van der Waals surface area contributed by atoms with Gasteiger partial charge in [0.25, 0.3) is 0 Å². The first-order valence-electron chi connectivity index (χ1n) is 8.65. The summed E-state index contributed by atoms with van der Waals surface area (Å²) in [4.78, 5) is 15.5. The number of aliphatic imine (C=N–C) groups is 1. The van der Waals surface area contributed by atoms with Crippen molar-refractivity contribution in [2.75, 3.05) is 45.4 Å².